The molecule has 2 atom stereocenters. The first-order chi connectivity index (χ1) is 12.2. The Morgan fingerprint density at radius 1 is 1.08 bits per heavy atom. The summed E-state index contributed by atoms with van der Waals surface area (Å²) in [5.74, 6) is -0.127. The Hall–Kier alpha value is -2.76. The Bertz CT molecular complexity index is 912. The van der Waals surface area contributed by atoms with Crippen LogP contribution >= 0.6 is 0 Å². The number of hydrogen-bond donors (Lipinski definition) is 3. The third kappa shape index (κ3) is 3.12. The van der Waals surface area contributed by atoms with Crippen LogP contribution in [0.1, 0.15) is 18.9 Å². The number of carbonyl (C=O) groups is 1. The van der Waals surface area contributed by atoms with Gasteiger partial charge in [0.05, 0.1) is 6.21 Å². The van der Waals surface area contributed by atoms with E-state index in [1.165, 1.54) is 0 Å². The van der Waals surface area contributed by atoms with E-state index >= 15 is 0 Å². The number of hydrazine groups is 1. The smallest absolute Gasteiger partial charge is 0.258 e. The van der Waals surface area contributed by atoms with Gasteiger partial charge in [0.2, 0.25) is 0 Å². The number of nitrogens with zero attached hydrogens (tertiary/aromatic N) is 1. The van der Waals surface area contributed by atoms with Crippen molar-refractivity contribution in [2.75, 3.05) is 0 Å². The van der Waals surface area contributed by atoms with Gasteiger partial charge in [-0.2, -0.15) is 5.10 Å². The second kappa shape index (κ2) is 6.63. The van der Waals surface area contributed by atoms with E-state index in [0.29, 0.717) is 0 Å². The third-order valence-corrected chi connectivity index (χ3v) is 4.59. The van der Waals surface area contributed by atoms with Crippen molar-refractivity contribution in [3.8, 4) is 0 Å². The van der Waals surface area contributed by atoms with E-state index < -0.39 is 0 Å². The van der Waals surface area contributed by atoms with Gasteiger partial charge in [0.15, 0.2) is 0 Å². The zero-order chi connectivity index (χ0) is 17.2. The molecule has 1 amide bonds. The van der Waals surface area contributed by atoms with Gasteiger partial charge in [-0.25, -0.2) is 10.9 Å². The lowest BCUT2D eigenvalue weighted by Crippen LogP contribution is -2.41. The first-order valence-corrected chi connectivity index (χ1v) is 8.47. The quantitative estimate of drug-likeness (QED) is 0.392. The minimum Gasteiger partial charge on any atom is -0.271 e. The second-order valence-electron chi connectivity index (χ2n) is 6.44. The van der Waals surface area contributed by atoms with Crippen molar-refractivity contribution in [1.29, 1.82) is 0 Å². The van der Waals surface area contributed by atoms with Crippen LogP contribution in [0.2, 0.25) is 0 Å². The average Bonchev–Trinajstić information content (AvgIpc) is 3.07. The molecule has 1 fully saturated rings. The molecule has 0 bridgehead atoms. The number of nitrogens with one attached hydrogen (secondary N) is 3. The number of hydrogen-bond acceptors (Lipinski definition) is 4. The summed E-state index contributed by atoms with van der Waals surface area (Å²) in [6.07, 6.45) is 2.49. The van der Waals surface area contributed by atoms with Crippen molar-refractivity contribution < 1.29 is 4.79 Å². The molecule has 25 heavy (non-hydrogen) atoms. The fourth-order valence-electron chi connectivity index (χ4n) is 3.31. The van der Waals surface area contributed by atoms with Crippen LogP contribution in [-0.4, -0.2) is 24.2 Å². The molecule has 2 unspecified atom stereocenters. The Morgan fingerprint density at radius 3 is 2.32 bits per heavy atom. The van der Waals surface area contributed by atoms with Crippen LogP contribution in [0.5, 0.6) is 0 Å². The number of fused-ring (bicyclic) bond motifs is 2. The molecule has 5 nitrogen and oxygen atoms in total. The highest BCUT2D eigenvalue weighted by molar-refractivity contribution is 6.13. The van der Waals surface area contributed by atoms with Gasteiger partial charge in [0.25, 0.3) is 5.91 Å². The van der Waals surface area contributed by atoms with Gasteiger partial charge in [0.1, 0.15) is 6.04 Å². The highest BCUT2D eigenvalue weighted by atomic mass is 16.2. The summed E-state index contributed by atoms with van der Waals surface area (Å²) in [5, 5.41) is 8.77. The molecule has 3 N–H and O–H groups in total. The van der Waals surface area contributed by atoms with Crippen molar-refractivity contribution in [2.24, 2.45) is 5.10 Å². The first kappa shape index (κ1) is 15.7. The van der Waals surface area contributed by atoms with Crippen molar-refractivity contribution >= 4 is 33.7 Å². The van der Waals surface area contributed by atoms with Gasteiger partial charge < -0.3 is 0 Å². The van der Waals surface area contributed by atoms with Crippen LogP contribution in [-0.2, 0) is 4.79 Å². The maximum absolute atomic E-state index is 12.2. The molecule has 126 valence electrons. The number of rotatable bonds is 3. The van der Waals surface area contributed by atoms with E-state index in [1.807, 2.05) is 31.2 Å². The molecule has 1 saturated heterocycles. The SMILES string of the molecule is CC1CC(C(=O)N/N=C/c2c3ccccc3cc3ccccc23)NN1. The summed E-state index contributed by atoms with van der Waals surface area (Å²) < 4.78 is 0. The Balaban J connectivity index is 1.66. The largest absolute Gasteiger partial charge is 0.271 e. The standard InChI is InChI=1S/C20H20N4O/c1-13-10-19(23-22-13)20(25)24-21-12-18-16-8-4-2-6-14(16)11-15-7-3-5-9-17(15)18/h2-9,11-13,19,22-23H,10H2,1H3,(H,24,25)/b21-12+. The Morgan fingerprint density at radius 2 is 1.72 bits per heavy atom. The molecule has 4 rings (SSSR count). The molecule has 3 aromatic carbocycles. The van der Waals surface area contributed by atoms with Gasteiger partial charge in [-0.05, 0) is 41.0 Å². The van der Waals surface area contributed by atoms with E-state index in [4.69, 9.17) is 0 Å². The normalized spacial score (nSPS) is 20.5. The van der Waals surface area contributed by atoms with E-state index in [0.717, 1.165) is 33.5 Å². The van der Waals surface area contributed by atoms with Gasteiger partial charge in [-0.15, -0.1) is 0 Å². The fourth-order valence-corrected chi connectivity index (χ4v) is 3.31. The minimum absolute atomic E-state index is 0.127. The lowest BCUT2D eigenvalue weighted by molar-refractivity contribution is -0.122. The van der Waals surface area contributed by atoms with Gasteiger partial charge >= 0.3 is 0 Å². The lowest BCUT2D eigenvalue weighted by Gasteiger charge is -2.09. The van der Waals surface area contributed by atoms with Gasteiger partial charge in [-0.3, -0.25) is 10.2 Å². The number of amides is 1. The molecule has 1 aliphatic heterocycles. The maximum atomic E-state index is 12.2. The van der Waals surface area contributed by atoms with Gasteiger partial charge in [-0.1, -0.05) is 48.5 Å². The van der Waals surface area contributed by atoms with Crippen LogP contribution in [0.4, 0.5) is 0 Å². The monoisotopic (exact) mass is 332 g/mol. The molecule has 1 aliphatic rings. The first-order valence-electron chi connectivity index (χ1n) is 8.47. The topological polar surface area (TPSA) is 65.5 Å². The van der Waals surface area contributed by atoms with Crippen molar-refractivity contribution in [3.63, 3.8) is 0 Å². The molecule has 0 radical (unpaired) electrons. The third-order valence-electron chi connectivity index (χ3n) is 4.59. The predicted octanol–water partition coefficient (Wildman–Crippen LogP) is 2.70. The number of hydrazone groups is 1. The molecular weight excluding hydrogens is 312 g/mol. The molecule has 0 spiro atoms. The van der Waals surface area contributed by atoms with Crippen molar-refractivity contribution in [2.45, 2.75) is 25.4 Å². The number of carbonyl (C=O) groups excluding carboxylic acids is 1. The van der Waals surface area contributed by atoms with Gasteiger partial charge in [0, 0.05) is 11.6 Å². The highest BCUT2D eigenvalue weighted by Gasteiger charge is 2.26. The Kier molecular flexibility index (Phi) is 4.17. The summed E-state index contributed by atoms with van der Waals surface area (Å²) in [4.78, 5) is 12.2. The minimum atomic E-state index is -0.253. The summed E-state index contributed by atoms with van der Waals surface area (Å²) in [6, 6.07) is 18.6. The predicted molar refractivity (Wildman–Crippen MR) is 101 cm³/mol. The summed E-state index contributed by atoms with van der Waals surface area (Å²) >= 11 is 0. The average molecular weight is 332 g/mol. The maximum Gasteiger partial charge on any atom is 0.258 e. The van der Waals surface area contributed by atoms with Crippen LogP contribution in [0, 0.1) is 0 Å². The summed E-state index contributed by atoms with van der Waals surface area (Å²) in [7, 11) is 0. The zero-order valence-electron chi connectivity index (χ0n) is 14.0. The Labute approximate surface area is 146 Å². The van der Waals surface area contributed by atoms with Crippen LogP contribution < -0.4 is 16.3 Å². The van der Waals surface area contributed by atoms with Crippen LogP contribution in [0.25, 0.3) is 21.5 Å². The van der Waals surface area contributed by atoms with E-state index in [9.17, 15) is 4.79 Å². The molecule has 1 heterocycles. The lowest BCUT2D eigenvalue weighted by atomic mass is 9.97. The second-order valence-corrected chi connectivity index (χ2v) is 6.44. The molecular formula is C20H20N4O. The molecule has 5 heteroatoms. The van der Waals surface area contributed by atoms with E-state index in [1.54, 1.807) is 6.21 Å². The molecule has 0 saturated carbocycles. The van der Waals surface area contributed by atoms with E-state index in [-0.39, 0.29) is 18.0 Å². The van der Waals surface area contributed by atoms with Crippen LogP contribution in [0.15, 0.2) is 59.7 Å². The summed E-state index contributed by atoms with van der Waals surface area (Å²) in [6.45, 7) is 2.03. The molecule has 0 aliphatic carbocycles. The van der Waals surface area contributed by atoms with Crippen molar-refractivity contribution in [1.82, 2.24) is 16.3 Å². The molecule has 3 aromatic rings. The fraction of sp³-hybridized carbons (Fsp3) is 0.200. The van der Waals surface area contributed by atoms with E-state index in [2.05, 4.69) is 51.7 Å². The van der Waals surface area contributed by atoms with Crippen LogP contribution in [0.3, 0.4) is 0 Å². The number of benzene rings is 3. The zero-order valence-corrected chi connectivity index (χ0v) is 14.0. The van der Waals surface area contributed by atoms with Crippen molar-refractivity contribution in [3.05, 3.63) is 60.2 Å². The summed E-state index contributed by atoms with van der Waals surface area (Å²) in [5.41, 5.74) is 9.69. The highest BCUT2D eigenvalue weighted by Crippen LogP contribution is 2.27. The molecule has 0 aromatic heterocycles.